The van der Waals surface area contributed by atoms with E-state index in [9.17, 15) is 14.4 Å². The first kappa shape index (κ1) is 20.1. The molecule has 150 valence electrons. The molecule has 1 aromatic carbocycles. The van der Waals surface area contributed by atoms with Gasteiger partial charge in [0.05, 0.1) is 18.1 Å². The third-order valence-corrected chi connectivity index (χ3v) is 4.86. The van der Waals surface area contributed by atoms with Crippen LogP contribution >= 0.6 is 12.2 Å². The fourth-order valence-electron chi connectivity index (χ4n) is 3.49. The van der Waals surface area contributed by atoms with Gasteiger partial charge in [0.2, 0.25) is 0 Å². The van der Waals surface area contributed by atoms with Crippen molar-refractivity contribution in [2.45, 2.75) is 39.3 Å². The Hall–Kier alpha value is -2.68. The van der Waals surface area contributed by atoms with Crippen molar-refractivity contribution in [1.29, 1.82) is 0 Å². The summed E-state index contributed by atoms with van der Waals surface area (Å²) in [6, 6.07) is 5.47. The van der Waals surface area contributed by atoms with E-state index in [0.29, 0.717) is 24.5 Å². The molecule has 2 amide bonds. The highest BCUT2D eigenvalue weighted by Gasteiger charge is 2.35. The van der Waals surface area contributed by atoms with Gasteiger partial charge in [-0.2, -0.15) is 0 Å². The Morgan fingerprint density at radius 3 is 2.79 bits per heavy atom. The van der Waals surface area contributed by atoms with Gasteiger partial charge in [-0.05, 0) is 44.0 Å². The Morgan fingerprint density at radius 1 is 1.36 bits per heavy atom. The number of cyclic esters (lactones) is 1. The number of nitrogens with one attached hydrogen (secondary N) is 1. The van der Waals surface area contributed by atoms with Crippen LogP contribution in [0.2, 0.25) is 0 Å². The zero-order chi connectivity index (χ0) is 20.4. The number of hydrogen-bond acceptors (Lipinski definition) is 6. The van der Waals surface area contributed by atoms with E-state index in [2.05, 4.69) is 5.32 Å². The second kappa shape index (κ2) is 8.14. The molecular weight excluding hydrogens is 382 g/mol. The zero-order valence-electron chi connectivity index (χ0n) is 16.1. The van der Waals surface area contributed by atoms with Gasteiger partial charge in [0.1, 0.15) is 6.10 Å². The van der Waals surface area contributed by atoms with Crippen molar-refractivity contribution < 1.29 is 23.9 Å². The van der Waals surface area contributed by atoms with E-state index in [1.807, 2.05) is 19.1 Å². The molecule has 2 heterocycles. The summed E-state index contributed by atoms with van der Waals surface area (Å²) in [7, 11) is 0. The van der Waals surface area contributed by atoms with Crippen molar-refractivity contribution in [1.82, 2.24) is 5.32 Å². The third kappa shape index (κ3) is 4.24. The maximum atomic E-state index is 12.4. The molecule has 2 unspecified atom stereocenters. The van der Waals surface area contributed by atoms with Crippen molar-refractivity contribution in [3.8, 4) is 0 Å². The van der Waals surface area contributed by atoms with E-state index in [0.717, 1.165) is 16.9 Å². The van der Waals surface area contributed by atoms with Crippen LogP contribution in [0.15, 0.2) is 18.2 Å². The predicted octanol–water partition coefficient (Wildman–Crippen LogP) is 1.79. The van der Waals surface area contributed by atoms with Crippen molar-refractivity contribution >= 4 is 46.6 Å². The molecule has 0 radical (unpaired) electrons. The molecule has 8 nitrogen and oxygen atoms in total. The van der Waals surface area contributed by atoms with Crippen LogP contribution in [0.4, 0.5) is 16.2 Å². The molecule has 2 aliphatic rings. The summed E-state index contributed by atoms with van der Waals surface area (Å²) in [6.45, 7) is 5.60. The topological polar surface area (TPSA) is 88.2 Å². The molecule has 1 N–H and O–H groups in total. The van der Waals surface area contributed by atoms with E-state index >= 15 is 0 Å². The minimum absolute atomic E-state index is 0.0543. The van der Waals surface area contributed by atoms with Crippen LogP contribution in [0.1, 0.15) is 26.3 Å². The highest BCUT2D eigenvalue weighted by Crippen LogP contribution is 2.36. The van der Waals surface area contributed by atoms with Crippen molar-refractivity contribution in [2.24, 2.45) is 0 Å². The van der Waals surface area contributed by atoms with Crippen LogP contribution in [0.3, 0.4) is 0 Å². The van der Waals surface area contributed by atoms with E-state index < -0.39 is 12.1 Å². The molecule has 0 spiro atoms. The number of fused-ring (bicyclic) bond motifs is 1. The molecular formula is C19H23N3O5S. The fourth-order valence-corrected chi connectivity index (χ4v) is 3.58. The summed E-state index contributed by atoms with van der Waals surface area (Å²) in [5, 5.41) is 3.01. The van der Waals surface area contributed by atoms with Crippen LogP contribution < -0.4 is 15.1 Å². The number of thiocarbonyl (C=S) groups is 1. The third-order valence-electron chi connectivity index (χ3n) is 4.71. The molecule has 1 saturated heterocycles. The number of benzene rings is 1. The average Bonchev–Trinajstić information content (AvgIpc) is 3.16. The van der Waals surface area contributed by atoms with Gasteiger partial charge < -0.3 is 19.7 Å². The summed E-state index contributed by atoms with van der Waals surface area (Å²) in [4.78, 5) is 39.5. The highest BCUT2D eigenvalue weighted by molar-refractivity contribution is 7.80. The molecule has 9 heteroatoms. The lowest BCUT2D eigenvalue weighted by molar-refractivity contribution is -0.145. The van der Waals surface area contributed by atoms with Gasteiger partial charge in [-0.15, -0.1) is 0 Å². The number of hydrogen-bond donors (Lipinski definition) is 1. The number of carbonyl (C=O) groups is 3. The maximum Gasteiger partial charge on any atom is 0.414 e. The average molecular weight is 405 g/mol. The number of anilines is 2. The molecule has 1 fully saturated rings. The van der Waals surface area contributed by atoms with Crippen LogP contribution in [0.5, 0.6) is 0 Å². The second-order valence-electron chi connectivity index (χ2n) is 6.96. The number of nitrogens with zero attached hydrogens (tertiary/aromatic N) is 2. The van der Waals surface area contributed by atoms with Crippen molar-refractivity contribution in [3.05, 3.63) is 23.8 Å². The normalized spacial score (nSPS) is 20.6. The number of carbonyl (C=O) groups excluding carboxylic acids is 3. The summed E-state index contributed by atoms with van der Waals surface area (Å²) in [5.41, 5.74) is 2.47. The zero-order valence-corrected chi connectivity index (χ0v) is 16.9. The second-order valence-corrected chi connectivity index (χ2v) is 7.58. The monoisotopic (exact) mass is 405 g/mol. The number of amides is 2. The minimum atomic E-state index is -0.490. The number of rotatable bonds is 5. The van der Waals surface area contributed by atoms with Gasteiger partial charge in [0, 0.05) is 24.3 Å². The van der Waals surface area contributed by atoms with E-state index in [4.69, 9.17) is 21.7 Å². The lowest BCUT2D eigenvalue weighted by atomic mass is 10.1. The Morgan fingerprint density at radius 2 is 2.11 bits per heavy atom. The van der Waals surface area contributed by atoms with Gasteiger partial charge in [0.25, 0.3) is 5.91 Å². The summed E-state index contributed by atoms with van der Waals surface area (Å²) >= 11 is 4.99. The molecule has 2 aliphatic heterocycles. The minimum Gasteiger partial charge on any atom is -0.456 e. The summed E-state index contributed by atoms with van der Waals surface area (Å²) in [6.07, 6.45) is -0.0190. The summed E-state index contributed by atoms with van der Waals surface area (Å²) in [5.74, 6) is -0.757. The molecule has 2 atom stereocenters. The molecule has 0 aliphatic carbocycles. The Balaban J connectivity index is 1.73. The molecule has 1 aromatic rings. The van der Waals surface area contributed by atoms with Crippen LogP contribution in [-0.4, -0.2) is 54.8 Å². The molecule has 0 saturated carbocycles. The van der Waals surface area contributed by atoms with Gasteiger partial charge in [0.15, 0.2) is 6.61 Å². The molecule has 0 aromatic heterocycles. The van der Waals surface area contributed by atoms with Gasteiger partial charge in [-0.1, -0.05) is 12.2 Å². The maximum absolute atomic E-state index is 12.4. The molecule has 28 heavy (non-hydrogen) atoms. The highest BCUT2D eigenvalue weighted by atomic mass is 32.1. The van der Waals surface area contributed by atoms with Crippen LogP contribution in [0, 0.1) is 0 Å². The van der Waals surface area contributed by atoms with Crippen molar-refractivity contribution in [2.75, 3.05) is 29.5 Å². The number of esters is 1. The first-order chi connectivity index (χ1) is 13.3. The van der Waals surface area contributed by atoms with Crippen LogP contribution in [0.25, 0.3) is 0 Å². The smallest absolute Gasteiger partial charge is 0.414 e. The SMILES string of the molecule is CC(=O)OCC(=O)N1c2ccc(N3CC(CNC(C)=S)OC3=O)cc2CC1C. The Kier molecular flexibility index (Phi) is 5.83. The predicted molar refractivity (Wildman–Crippen MR) is 108 cm³/mol. The quantitative estimate of drug-likeness (QED) is 0.590. The van der Waals surface area contributed by atoms with Gasteiger partial charge >= 0.3 is 12.1 Å². The van der Waals surface area contributed by atoms with Crippen LogP contribution in [-0.2, 0) is 25.5 Å². The van der Waals surface area contributed by atoms with Crippen molar-refractivity contribution in [3.63, 3.8) is 0 Å². The first-order valence-electron chi connectivity index (χ1n) is 9.07. The molecule has 0 bridgehead atoms. The molecule has 3 rings (SSSR count). The lowest BCUT2D eigenvalue weighted by Gasteiger charge is -2.22. The standard InChI is InChI=1S/C19H23N3O5S/c1-11-6-14-7-15(21-9-16(27-19(21)25)8-20-12(2)28)4-5-17(14)22(11)18(24)10-26-13(3)23/h4-5,7,11,16H,6,8-10H2,1-3H3,(H,20,28). The van der Waals surface area contributed by atoms with E-state index in [1.165, 1.54) is 6.92 Å². The van der Waals surface area contributed by atoms with E-state index in [-0.39, 0.29) is 24.7 Å². The fraction of sp³-hybridized carbons (Fsp3) is 0.474. The van der Waals surface area contributed by atoms with Gasteiger partial charge in [-0.25, -0.2) is 4.79 Å². The van der Waals surface area contributed by atoms with E-state index in [1.54, 1.807) is 22.8 Å². The Labute approximate surface area is 168 Å². The van der Waals surface area contributed by atoms with Gasteiger partial charge in [-0.3, -0.25) is 14.5 Å². The first-order valence-corrected chi connectivity index (χ1v) is 9.48. The summed E-state index contributed by atoms with van der Waals surface area (Å²) < 4.78 is 10.2. The number of ether oxygens (including phenoxy) is 2. The lowest BCUT2D eigenvalue weighted by Crippen LogP contribution is -2.38. The Bertz CT molecular complexity index is 828. The largest absolute Gasteiger partial charge is 0.456 e.